The number of aryl methyl sites for hydroxylation is 1. The number of anilines is 1. The Morgan fingerprint density at radius 3 is 2.74 bits per heavy atom. The molecule has 0 aliphatic heterocycles. The molecule has 1 heterocycles. The maximum atomic E-state index is 12.4. The number of rotatable bonds is 7. The van der Waals surface area contributed by atoms with E-state index in [0.717, 1.165) is 6.42 Å². The molecule has 0 bridgehead atoms. The molecule has 0 saturated heterocycles. The largest absolute Gasteiger partial charge is 0.383 e. The van der Waals surface area contributed by atoms with Gasteiger partial charge in [0.25, 0.3) is 0 Å². The van der Waals surface area contributed by atoms with Gasteiger partial charge >= 0.3 is 0 Å². The SMILES string of the molecule is CCCn1cc(S(=O)(=O)N(C)C(C)COC)c(N)n1. The average molecular weight is 290 g/mol. The molecule has 1 aromatic heterocycles. The summed E-state index contributed by atoms with van der Waals surface area (Å²) in [5.41, 5.74) is 5.70. The number of hydrogen-bond donors (Lipinski definition) is 1. The van der Waals surface area contributed by atoms with Crippen molar-refractivity contribution >= 4 is 15.8 Å². The Hall–Kier alpha value is -1.12. The number of nitrogens with zero attached hydrogens (tertiary/aromatic N) is 3. The zero-order valence-electron chi connectivity index (χ0n) is 11.8. The topological polar surface area (TPSA) is 90.5 Å². The number of nitrogen functional groups attached to an aromatic ring is 1. The van der Waals surface area contributed by atoms with Crippen molar-refractivity contribution in [3.63, 3.8) is 0 Å². The molecule has 0 saturated carbocycles. The summed E-state index contributed by atoms with van der Waals surface area (Å²) in [6.07, 6.45) is 2.33. The van der Waals surface area contributed by atoms with Gasteiger partial charge in [0, 0.05) is 32.9 Å². The maximum absolute atomic E-state index is 12.4. The van der Waals surface area contributed by atoms with Crippen molar-refractivity contribution in [1.82, 2.24) is 14.1 Å². The Morgan fingerprint density at radius 2 is 2.21 bits per heavy atom. The highest BCUT2D eigenvalue weighted by atomic mass is 32.2. The molecule has 8 heteroatoms. The van der Waals surface area contributed by atoms with Crippen molar-refractivity contribution in [3.8, 4) is 0 Å². The summed E-state index contributed by atoms with van der Waals surface area (Å²) >= 11 is 0. The van der Waals surface area contributed by atoms with Crippen LogP contribution in [0.3, 0.4) is 0 Å². The molecule has 2 N–H and O–H groups in total. The second kappa shape index (κ2) is 6.36. The standard InChI is InChI=1S/C11H22N4O3S/c1-5-6-15-7-10(11(12)13-15)19(16,17)14(3)9(2)8-18-4/h7,9H,5-6,8H2,1-4H3,(H2,12,13). The molecular weight excluding hydrogens is 268 g/mol. The molecule has 1 unspecified atom stereocenters. The second-order valence-corrected chi connectivity index (χ2v) is 6.43. The predicted octanol–water partition coefficient (Wildman–Crippen LogP) is 0.531. The van der Waals surface area contributed by atoms with Crippen LogP contribution in [-0.2, 0) is 21.3 Å². The third-order valence-electron chi connectivity index (χ3n) is 2.89. The number of likely N-dealkylation sites (N-methyl/N-ethyl adjacent to an activating group) is 1. The van der Waals surface area contributed by atoms with Crippen LogP contribution in [0.5, 0.6) is 0 Å². The quantitative estimate of drug-likeness (QED) is 0.791. The first-order valence-corrected chi connectivity index (χ1v) is 7.58. The first kappa shape index (κ1) is 15.9. The lowest BCUT2D eigenvalue weighted by Crippen LogP contribution is -2.37. The molecule has 0 spiro atoms. The normalized spacial score (nSPS) is 13.9. The van der Waals surface area contributed by atoms with Crippen molar-refractivity contribution in [2.75, 3.05) is 26.5 Å². The molecule has 0 radical (unpaired) electrons. The lowest BCUT2D eigenvalue weighted by molar-refractivity contribution is 0.149. The van der Waals surface area contributed by atoms with Crippen LogP contribution in [0.1, 0.15) is 20.3 Å². The summed E-state index contributed by atoms with van der Waals surface area (Å²) < 4.78 is 32.6. The van der Waals surface area contributed by atoms with Crippen molar-refractivity contribution in [3.05, 3.63) is 6.20 Å². The van der Waals surface area contributed by atoms with Crippen LogP contribution in [0.4, 0.5) is 5.82 Å². The van der Waals surface area contributed by atoms with Gasteiger partial charge < -0.3 is 10.5 Å². The van der Waals surface area contributed by atoms with E-state index in [9.17, 15) is 8.42 Å². The van der Waals surface area contributed by atoms with Gasteiger partial charge in [0.15, 0.2) is 5.82 Å². The molecule has 0 fully saturated rings. The van der Waals surface area contributed by atoms with E-state index >= 15 is 0 Å². The third-order valence-corrected chi connectivity index (χ3v) is 4.88. The van der Waals surface area contributed by atoms with Crippen molar-refractivity contribution in [2.45, 2.75) is 37.8 Å². The smallest absolute Gasteiger partial charge is 0.248 e. The van der Waals surface area contributed by atoms with Gasteiger partial charge in [-0.2, -0.15) is 9.40 Å². The molecule has 1 rings (SSSR count). The van der Waals surface area contributed by atoms with E-state index in [1.54, 1.807) is 11.6 Å². The average Bonchev–Trinajstić information content (AvgIpc) is 2.70. The fourth-order valence-corrected chi connectivity index (χ4v) is 3.10. The molecular formula is C11H22N4O3S. The number of nitrogens with two attached hydrogens (primary N) is 1. The maximum Gasteiger partial charge on any atom is 0.248 e. The Bertz CT molecular complexity index is 512. The summed E-state index contributed by atoms with van der Waals surface area (Å²) in [6.45, 7) is 4.71. The van der Waals surface area contributed by atoms with Gasteiger partial charge in [-0.05, 0) is 13.3 Å². The highest BCUT2D eigenvalue weighted by Gasteiger charge is 2.29. The Balaban J connectivity index is 3.05. The Morgan fingerprint density at radius 1 is 1.58 bits per heavy atom. The summed E-state index contributed by atoms with van der Waals surface area (Å²) in [4.78, 5) is 0.0476. The Labute approximate surface area is 114 Å². The molecule has 0 amide bonds. The summed E-state index contributed by atoms with van der Waals surface area (Å²) in [7, 11) is -0.602. The van der Waals surface area contributed by atoms with Gasteiger partial charge in [0.05, 0.1) is 6.61 Å². The van der Waals surface area contributed by atoms with Crippen LogP contribution >= 0.6 is 0 Å². The van der Waals surface area contributed by atoms with Crippen LogP contribution in [0, 0.1) is 0 Å². The molecule has 0 aliphatic carbocycles. The molecule has 7 nitrogen and oxygen atoms in total. The zero-order valence-corrected chi connectivity index (χ0v) is 12.6. The number of hydrogen-bond acceptors (Lipinski definition) is 5. The molecule has 0 aromatic carbocycles. The van der Waals surface area contributed by atoms with E-state index in [1.807, 2.05) is 6.92 Å². The van der Waals surface area contributed by atoms with Crippen molar-refractivity contribution in [1.29, 1.82) is 0 Å². The predicted molar refractivity (Wildman–Crippen MR) is 73.2 cm³/mol. The summed E-state index contributed by atoms with van der Waals surface area (Å²) in [5.74, 6) is 0.0323. The van der Waals surface area contributed by atoms with Crippen LogP contribution < -0.4 is 5.73 Å². The number of ether oxygens (including phenoxy) is 1. The molecule has 19 heavy (non-hydrogen) atoms. The highest BCUT2D eigenvalue weighted by Crippen LogP contribution is 2.21. The van der Waals surface area contributed by atoms with Crippen LogP contribution in [0.15, 0.2) is 11.1 Å². The number of sulfonamides is 1. The molecule has 110 valence electrons. The van der Waals surface area contributed by atoms with Gasteiger partial charge in [0.1, 0.15) is 4.90 Å². The lowest BCUT2D eigenvalue weighted by Gasteiger charge is -2.23. The fraction of sp³-hybridized carbons (Fsp3) is 0.727. The van der Waals surface area contributed by atoms with Gasteiger partial charge in [-0.25, -0.2) is 8.42 Å². The first-order chi connectivity index (χ1) is 8.84. The van der Waals surface area contributed by atoms with Gasteiger partial charge in [-0.15, -0.1) is 0 Å². The van der Waals surface area contributed by atoms with Gasteiger partial charge in [0.2, 0.25) is 10.0 Å². The Kier molecular flexibility index (Phi) is 5.33. The third kappa shape index (κ3) is 3.46. The van der Waals surface area contributed by atoms with Crippen LogP contribution in [0.25, 0.3) is 0 Å². The summed E-state index contributed by atoms with van der Waals surface area (Å²) in [6, 6.07) is -0.274. The van der Waals surface area contributed by atoms with Gasteiger partial charge in [-0.1, -0.05) is 6.92 Å². The molecule has 1 atom stereocenters. The lowest BCUT2D eigenvalue weighted by atomic mass is 10.4. The minimum Gasteiger partial charge on any atom is -0.383 e. The van der Waals surface area contributed by atoms with Gasteiger partial charge in [-0.3, -0.25) is 4.68 Å². The van der Waals surface area contributed by atoms with E-state index in [2.05, 4.69) is 5.10 Å². The van der Waals surface area contributed by atoms with Crippen LogP contribution in [-0.4, -0.2) is 49.3 Å². The monoisotopic (exact) mass is 290 g/mol. The number of aromatic nitrogens is 2. The minimum atomic E-state index is -3.64. The van der Waals surface area contributed by atoms with E-state index in [-0.39, 0.29) is 16.8 Å². The van der Waals surface area contributed by atoms with E-state index < -0.39 is 10.0 Å². The van der Waals surface area contributed by atoms with E-state index in [4.69, 9.17) is 10.5 Å². The van der Waals surface area contributed by atoms with Crippen molar-refractivity contribution < 1.29 is 13.2 Å². The minimum absolute atomic E-state index is 0.0323. The zero-order chi connectivity index (χ0) is 14.6. The first-order valence-electron chi connectivity index (χ1n) is 6.14. The van der Waals surface area contributed by atoms with E-state index in [0.29, 0.717) is 13.2 Å². The highest BCUT2D eigenvalue weighted by molar-refractivity contribution is 7.89. The molecule has 1 aromatic rings. The fourth-order valence-electron chi connectivity index (χ4n) is 1.70. The second-order valence-electron chi connectivity index (χ2n) is 4.47. The van der Waals surface area contributed by atoms with Crippen LogP contribution in [0.2, 0.25) is 0 Å². The van der Waals surface area contributed by atoms with E-state index in [1.165, 1.54) is 24.7 Å². The van der Waals surface area contributed by atoms with Crippen molar-refractivity contribution in [2.24, 2.45) is 0 Å². The number of methoxy groups -OCH3 is 1. The molecule has 0 aliphatic rings. The summed E-state index contributed by atoms with van der Waals surface area (Å²) in [5, 5.41) is 4.01.